The average molecular weight is 414 g/mol. The summed E-state index contributed by atoms with van der Waals surface area (Å²) in [6.07, 6.45) is -0.190. The van der Waals surface area contributed by atoms with Crippen molar-refractivity contribution in [2.75, 3.05) is 32.7 Å². The predicted octanol–water partition coefficient (Wildman–Crippen LogP) is -0.243. The molecule has 1 aliphatic heterocycles. The summed E-state index contributed by atoms with van der Waals surface area (Å²) in [5, 5.41) is 5.23. The molecule has 0 bridgehead atoms. The Hall–Kier alpha value is -2.13. The molecule has 6 nitrogen and oxygen atoms in total. The largest absolute Gasteiger partial charge is 0.416 e. The van der Waals surface area contributed by atoms with Gasteiger partial charge in [0, 0.05) is 11.6 Å². The maximum Gasteiger partial charge on any atom is 0.416 e. The van der Waals surface area contributed by atoms with Crippen molar-refractivity contribution in [1.29, 1.82) is 0 Å². The van der Waals surface area contributed by atoms with Crippen molar-refractivity contribution in [3.05, 3.63) is 35.4 Å². The van der Waals surface area contributed by atoms with E-state index >= 15 is 0 Å². The smallest absolute Gasteiger partial charge is 0.335 e. The van der Waals surface area contributed by atoms with Crippen molar-refractivity contribution in [2.24, 2.45) is 0 Å². The fourth-order valence-electron chi connectivity index (χ4n) is 4.15. The van der Waals surface area contributed by atoms with Gasteiger partial charge in [-0.2, -0.15) is 13.2 Å². The fraction of sp³-hybridized carbons (Fsp3) is 0.600. The van der Waals surface area contributed by atoms with Crippen molar-refractivity contribution in [3.63, 3.8) is 0 Å². The van der Waals surface area contributed by atoms with Crippen LogP contribution in [0, 0.1) is 0 Å². The van der Waals surface area contributed by atoms with E-state index in [2.05, 4.69) is 10.6 Å². The van der Waals surface area contributed by atoms with E-state index in [1.165, 1.54) is 17.0 Å². The van der Waals surface area contributed by atoms with Crippen LogP contribution in [-0.2, 0) is 17.5 Å². The third-order valence-electron chi connectivity index (χ3n) is 5.73. The van der Waals surface area contributed by atoms with Gasteiger partial charge in [-0.05, 0) is 25.0 Å². The van der Waals surface area contributed by atoms with Crippen molar-refractivity contribution in [3.8, 4) is 0 Å². The second-order valence-electron chi connectivity index (χ2n) is 8.05. The molecule has 160 valence electrons. The van der Waals surface area contributed by atoms with Crippen LogP contribution in [0.15, 0.2) is 24.3 Å². The molecule has 0 aromatic heterocycles. The van der Waals surface area contributed by atoms with Gasteiger partial charge in [-0.15, -0.1) is 0 Å². The van der Waals surface area contributed by atoms with Crippen LogP contribution in [0.4, 0.5) is 18.0 Å². The monoisotopic (exact) mass is 414 g/mol. The fourth-order valence-corrected chi connectivity index (χ4v) is 4.15. The number of rotatable bonds is 5. The minimum absolute atomic E-state index is 0.165. The minimum Gasteiger partial charge on any atom is -0.335 e. The van der Waals surface area contributed by atoms with E-state index in [-0.39, 0.29) is 18.5 Å². The molecule has 1 heterocycles. The maximum absolute atomic E-state index is 12.8. The van der Waals surface area contributed by atoms with Gasteiger partial charge in [0.05, 0.1) is 5.56 Å². The Balaban J connectivity index is 1.39. The standard InChI is InChI=1S/C20H27F3N4O2/c21-20(22,23)16-5-3-4-15(12-16)13-26-8-10-27(11-9-26)14-18(28)25-19(29)24-17-6-1-2-7-17/h3-5,12,17H,1-2,6-11,13-14H2,(H2,24,25,28,29)/p+2. The van der Waals surface area contributed by atoms with Crippen LogP contribution in [0.2, 0.25) is 0 Å². The number of carbonyl (C=O) groups is 2. The second-order valence-corrected chi connectivity index (χ2v) is 8.05. The Kier molecular flexibility index (Phi) is 7.13. The van der Waals surface area contributed by atoms with Crippen LogP contribution < -0.4 is 20.4 Å². The lowest BCUT2D eigenvalue weighted by atomic mass is 10.1. The number of nitrogens with one attached hydrogen (secondary N) is 4. The van der Waals surface area contributed by atoms with Crippen LogP contribution in [0.5, 0.6) is 0 Å². The zero-order valence-electron chi connectivity index (χ0n) is 16.4. The van der Waals surface area contributed by atoms with E-state index in [0.29, 0.717) is 12.1 Å². The van der Waals surface area contributed by atoms with Crippen LogP contribution in [-0.4, -0.2) is 50.7 Å². The Morgan fingerprint density at radius 2 is 1.69 bits per heavy atom. The molecule has 3 amide bonds. The normalized spacial score (nSPS) is 23.0. The zero-order valence-corrected chi connectivity index (χ0v) is 16.4. The Morgan fingerprint density at radius 3 is 2.34 bits per heavy atom. The van der Waals surface area contributed by atoms with Gasteiger partial charge in [-0.25, -0.2) is 4.79 Å². The van der Waals surface area contributed by atoms with Crippen molar-refractivity contribution >= 4 is 11.9 Å². The number of benzene rings is 1. The summed E-state index contributed by atoms with van der Waals surface area (Å²) >= 11 is 0. The highest BCUT2D eigenvalue weighted by Crippen LogP contribution is 2.29. The van der Waals surface area contributed by atoms with Gasteiger partial charge < -0.3 is 15.1 Å². The van der Waals surface area contributed by atoms with Gasteiger partial charge in [0.15, 0.2) is 6.54 Å². The quantitative estimate of drug-likeness (QED) is 0.537. The molecule has 0 atom stereocenters. The summed E-state index contributed by atoms with van der Waals surface area (Å²) < 4.78 is 38.5. The predicted molar refractivity (Wildman–Crippen MR) is 100 cm³/mol. The molecule has 2 fully saturated rings. The van der Waals surface area contributed by atoms with E-state index in [4.69, 9.17) is 0 Å². The Labute approximate surface area is 168 Å². The van der Waals surface area contributed by atoms with E-state index in [1.807, 2.05) is 0 Å². The number of imide groups is 1. The highest BCUT2D eigenvalue weighted by atomic mass is 19.4. The van der Waals surface area contributed by atoms with Gasteiger partial charge in [0.25, 0.3) is 5.91 Å². The SMILES string of the molecule is O=C(C[NH+]1CC[NH+](Cc2cccc(C(F)(F)F)c2)CC1)NC(=O)NC1CCCC1. The maximum atomic E-state index is 12.8. The first-order valence-corrected chi connectivity index (χ1v) is 10.2. The van der Waals surface area contributed by atoms with Gasteiger partial charge in [0.2, 0.25) is 0 Å². The third-order valence-corrected chi connectivity index (χ3v) is 5.73. The summed E-state index contributed by atoms with van der Waals surface area (Å²) in [4.78, 5) is 26.2. The molecule has 0 radical (unpaired) electrons. The topological polar surface area (TPSA) is 67.1 Å². The third kappa shape index (κ3) is 6.71. The van der Waals surface area contributed by atoms with Crippen molar-refractivity contribution < 1.29 is 32.6 Å². The Bertz CT molecular complexity index is 712. The first-order chi connectivity index (χ1) is 13.8. The summed E-state index contributed by atoms with van der Waals surface area (Å²) in [5.41, 5.74) is 0.0471. The molecular weight excluding hydrogens is 385 g/mol. The lowest BCUT2D eigenvalue weighted by Crippen LogP contribution is -3.28. The molecule has 1 aromatic rings. The number of hydrogen-bond donors (Lipinski definition) is 4. The van der Waals surface area contributed by atoms with Crippen LogP contribution >= 0.6 is 0 Å². The summed E-state index contributed by atoms with van der Waals surface area (Å²) in [7, 11) is 0. The molecule has 29 heavy (non-hydrogen) atoms. The number of carbonyl (C=O) groups excluding carboxylic acids is 2. The molecular formula is C20H29F3N4O2+2. The number of piperazine rings is 1. The first kappa shape index (κ1) is 21.6. The summed E-state index contributed by atoms with van der Waals surface area (Å²) in [6.45, 7) is 3.79. The minimum atomic E-state index is -4.33. The lowest BCUT2D eigenvalue weighted by Gasteiger charge is -2.29. The molecule has 0 unspecified atom stereocenters. The Morgan fingerprint density at radius 1 is 1.03 bits per heavy atom. The molecule has 9 heteroatoms. The molecule has 3 rings (SSSR count). The number of urea groups is 1. The van der Waals surface area contributed by atoms with Crippen LogP contribution in [0.3, 0.4) is 0 Å². The van der Waals surface area contributed by atoms with E-state index < -0.39 is 17.8 Å². The molecule has 1 aliphatic carbocycles. The van der Waals surface area contributed by atoms with Gasteiger partial charge in [0.1, 0.15) is 32.7 Å². The summed E-state index contributed by atoms with van der Waals surface area (Å²) in [6, 6.07) is 5.21. The highest BCUT2D eigenvalue weighted by Gasteiger charge is 2.31. The number of halogens is 3. The van der Waals surface area contributed by atoms with Crippen molar-refractivity contribution in [2.45, 2.75) is 44.4 Å². The number of amides is 3. The second kappa shape index (κ2) is 9.58. The van der Waals surface area contributed by atoms with Gasteiger partial charge >= 0.3 is 12.2 Å². The van der Waals surface area contributed by atoms with E-state index in [9.17, 15) is 22.8 Å². The molecule has 0 spiro atoms. The molecule has 1 saturated heterocycles. The lowest BCUT2D eigenvalue weighted by molar-refractivity contribution is -1.02. The van der Waals surface area contributed by atoms with Crippen LogP contribution in [0.25, 0.3) is 0 Å². The molecule has 1 saturated carbocycles. The van der Waals surface area contributed by atoms with Gasteiger partial charge in [-0.3, -0.25) is 10.1 Å². The van der Waals surface area contributed by atoms with E-state index in [0.717, 1.165) is 62.8 Å². The van der Waals surface area contributed by atoms with E-state index in [1.54, 1.807) is 6.07 Å². The van der Waals surface area contributed by atoms with Gasteiger partial charge in [-0.1, -0.05) is 25.0 Å². The molecule has 2 aliphatic rings. The van der Waals surface area contributed by atoms with Crippen LogP contribution in [0.1, 0.15) is 36.8 Å². The number of quaternary nitrogens is 2. The first-order valence-electron chi connectivity index (χ1n) is 10.2. The highest BCUT2D eigenvalue weighted by molar-refractivity contribution is 5.94. The zero-order chi connectivity index (χ0) is 20.9. The molecule has 1 aromatic carbocycles. The van der Waals surface area contributed by atoms with Crippen molar-refractivity contribution in [1.82, 2.24) is 10.6 Å². The average Bonchev–Trinajstić information content (AvgIpc) is 3.15. The number of hydrogen-bond acceptors (Lipinski definition) is 2. The molecule has 4 N–H and O–H groups in total. The summed E-state index contributed by atoms with van der Waals surface area (Å²) in [5.74, 6) is -0.295. The number of alkyl halides is 3.